The molecule has 3 nitrogen and oxygen atoms in total. The van der Waals surface area contributed by atoms with E-state index < -0.39 is 0 Å². The topological polar surface area (TPSA) is 55.1 Å². The Morgan fingerprint density at radius 2 is 1.93 bits per heavy atom. The first-order valence-electron chi connectivity index (χ1n) is 4.88. The largest absolute Gasteiger partial charge is 0.397 e. The van der Waals surface area contributed by atoms with Crippen molar-refractivity contribution >= 4 is 17.3 Å². The summed E-state index contributed by atoms with van der Waals surface area (Å²) in [5.41, 5.74) is 6.89. The molecule has 1 rings (SSSR count). The Morgan fingerprint density at radius 3 is 2.43 bits per heavy atom. The number of hydrogen-bond donors (Lipinski definition) is 2. The molecular weight excluding hydrogens is 176 g/mol. The van der Waals surface area contributed by atoms with Crippen LogP contribution < -0.4 is 11.1 Å². The van der Waals surface area contributed by atoms with Crippen molar-refractivity contribution in [1.82, 2.24) is 0 Å². The van der Waals surface area contributed by atoms with Gasteiger partial charge in [-0.15, -0.1) is 0 Å². The lowest BCUT2D eigenvalue weighted by Gasteiger charge is -2.05. The summed E-state index contributed by atoms with van der Waals surface area (Å²) in [5, 5.41) is 2.70. The number of carbonyl (C=O) groups excluding carboxylic acids is 1. The lowest BCUT2D eigenvalue weighted by molar-refractivity contribution is -0.115. The Balaban J connectivity index is 0.000000791. The van der Waals surface area contributed by atoms with Crippen LogP contribution in [0.5, 0.6) is 0 Å². The predicted octanol–water partition coefficient (Wildman–Crippen LogP) is 2.64. The molecule has 0 unspecified atom stereocenters. The summed E-state index contributed by atoms with van der Waals surface area (Å²) in [7, 11) is 0. The third-order valence-corrected chi connectivity index (χ3v) is 1.56. The fourth-order valence-electron chi connectivity index (χ4n) is 0.849. The second-order valence-corrected chi connectivity index (χ2v) is 2.49. The van der Waals surface area contributed by atoms with Crippen molar-refractivity contribution in [3.8, 4) is 0 Å². The van der Waals surface area contributed by atoms with Crippen LogP contribution >= 0.6 is 0 Å². The average molecular weight is 194 g/mol. The van der Waals surface area contributed by atoms with Crippen molar-refractivity contribution < 1.29 is 4.79 Å². The highest BCUT2D eigenvalue weighted by Crippen LogP contribution is 2.16. The Kier molecular flexibility index (Phi) is 6.20. The van der Waals surface area contributed by atoms with E-state index in [1.54, 1.807) is 19.1 Å². The van der Waals surface area contributed by atoms with Crippen LogP contribution in [0.4, 0.5) is 11.4 Å². The molecule has 0 aliphatic heterocycles. The Morgan fingerprint density at radius 1 is 1.36 bits per heavy atom. The van der Waals surface area contributed by atoms with Crippen LogP contribution in [0, 0.1) is 0 Å². The second-order valence-electron chi connectivity index (χ2n) is 2.49. The average Bonchev–Trinajstić information content (AvgIpc) is 2.24. The first kappa shape index (κ1) is 12.5. The van der Waals surface area contributed by atoms with Crippen LogP contribution in [0.3, 0.4) is 0 Å². The van der Waals surface area contributed by atoms with Crippen LogP contribution in [0.2, 0.25) is 0 Å². The highest BCUT2D eigenvalue weighted by molar-refractivity contribution is 5.93. The maximum Gasteiger partial charge on any atom is 0.224 e. The molecule has 0 bridgehead atoms. The predicted molar refractivity (Wildman–Crippen MR) is 61.1 cm³/mol. The maximum absolute atomic E-state index is 11.0. The zero-order chi connectivity index (χ0) is 11.0. The van der Waals surface area contributed by atoms with Crippen LogP contribution in [0.1, 0.15) is 27.2 Å². The molecule has 1 amide bonds. The van der Waals surface area contributed by atoms with Gasteiger partial charge in [-0.2, -0.15) is 0 Å². The number of hydrogen-bond acceptors (Lipinski definition) is 2. The van der Waals surface area contributed by atoms with Gasteiger partial charge in [0.15, 0.2) is 0 Å². The van der Waals surface area contributed by atoms with Gasteiger partial charge in [0.05, 0.1) is 11.4 Å². The zero-order valence-electron chi connectivity index (χ0n) is 9.00. The maximum atomic E-state index is 11.0. The van der Waals surface area contributed by atoms with E-state index in [2.05, 4.69) is 5.32 Å². The molecule has 0 radical (unpaired) electrons. The van der Waals surface area contributed by atoms with E-state index in [0.29, 0.717) is 17.8 Å². The van der Waals surface area contributed by atoms with Crippen LogP contribution in [0.15, 0.2) is 24.3 Å². The molecule has 0 spiro atoms. The molecule has 0 aliphatic carbocycles. The smallest absolute Gasteiger partial charge is 0.224 e. The van der Waals surface area contributed by atoms with Crippen molar-refractivity contribution in [1.29, 1.82) is 0 Å². The summed E-state index contributed by atoms with van der Waals surface area (Å²) >= 11 is 0. The van der Waals surface area contributed by atoms with E-state index in [4.69, 9.17) is 5.73 Å². The number of anilines is 2. The number of amides is 1. The lowest BCUT2D eigenvalue weighted by Crippen LogP contribution is -2.10. The summed E-state index contributed by atoms with van der Waals surface area (Å²) in [6.07, 6.45) is 0.467. The van der Waals surface area contributed by atoms with E-state index in [0.717, 1.165) is 0 Å². The first-order chi connectivity index (χ1) is 6.74. The molecule has 0 atom stereocenters. The standard InChI is InChI=1S/C9H12N2O.C2H6/c1-2-9(12)11-8-6-4-3-5-7(8)10;1-2/h3-6H,2,10H2,1H3,(H,11,12);1-2H3. The molecule has 3 N–H and O–H groups in total. The molecule has 14 heavy (non-hydrogen) atoms. The van der Waals surface area contributed by atoms with Crippen LogP contribution in [0.25, 0.3) is 0 Å². The normalized spacial score (nSPS) is 8.50. The summed E-state index contributed by atoms with van der Waals surface area (Å²) in [6.45, 7) is 5.80. The number of nitrogens with one attached hydrogen (secondary N) is 1. The number of nitrogens with two attached hydrogens (primary N) is 1. The highest BCUT2D eigenvalue weighted by Gasteiger charge is 2.00. The fraction of sp³-hybridized carbons (Fsp3) is 0.364. The van der Waals surface area contributed by atoms with Gasteiger partial charge in [-0.1, -0.05) is 32.9 Å². The third kappa shape index (κ3) is 3.94. The number of carbonyl (C=O) groups is 1. The first-order valence-corrected chi connectivity index (χ1v) is 4.88. The molecule has 1 aromatic carbocycles. The molecule has 3 heteroatoms. The van der Waals surface area contributed by atoms with Gasteiger partial charge in [0.2, 0.25) is 5.91 Å². The van der Waals surface area contributed by atoms with Gasteiger partial charge in [0.25, 0.3) is 0 Å². The van der Waals surface area contributed by atoms with Crippen LogP contribution in [-0.4, -0.2) is 5.91 Å². The molecule has 0 heterocycles. The lowest BCUT2D eigenvalue weighted by atomic mass is 10.2. The summed E-state index contributed by atoms with van der Waals surface area (Å²) in [4.78, 5) is 11.0. The molecule has 0 saturated carbocycles. The molecule has 0 saturated heterocycles. The SMILES string of the molecule is CC.CCC(=O)Nc1ccccc1N. The molecule has 0 fully saturated rings. The van der Waals surface area contributed by atoms with Gasteiger partial charge in [-0.05, 0) is 12.1 Å². The zero-order valence-corrected chi connectivity index (χ0v) is 9.00. The summed E-state index contributed by atoms with van der Waals surface area (Å²) in [5.74, 6) is -0.0205. The van der Waals surface area contributed by atoms with Gasteiger partial charge in [-0.3, -0.25) is 4.79 Å². The minimum Gasteiger partial charge on any atom is -0.397 e. The molecule has 78 valence electrons. The Labute approximate surface area is 85.3 Å². The van der Waals surface area contributed by atoms with Crippen molar-refractivity contribution in [2.24, 2.45) is 0 Å². The van der Waals surface area contributed by atoms with E-state index in [1.165, 1.54) is 0 Å². The van der Waals surface area contributed by atoms with Gasteiger partial charge >= 0.3 is 0 Å². The monoisotopic (exact) mass is 194 g/mol. The van der Waals surface area contributed by atoms with Crippen molar-refractivity contribution in [2.45, 2.75) is 27.2 Å². The van der Waals surface area contributed by atoms with Gasteiger partial charge in [0.1, 0.15) is 0 Å². The van der Waals surface area contributed by atoms with Crippen LogP contribution in [-0.2, 0) is 4.79 Å². The fourth-order valence-corrected chi connectivity index (χ4v) is 0.849. The molecular formula is C11H18N2O. The van der Waals surface area contributed by atoms with E-state index in [1.807, 2.05) is 26.0 Å². The minimum atomic E-state index is -0.0205. The molecule has 0 aromatic heterocycles. The second kappa shape index (κ2) is 6.95. The molecule has 1 aromatic rings. The van der Waals surface area contributed by atoms with Gasteiger partial charge in [0, 0.05) is 6.42 Å². The number of nitrogen functional groups attached to an aromatic ring is 1. The van der Waals surface area contributed by atoms with E-state index in [9.17, 15) is 4.79 Å². The number of benzene rings is 1. The van der Waals surface area contributed by atoms with Gasteiger partial charge in [-0.25, -0.2) is 0 Å². The quantitative estimate of drug-likeness (QED) is 0.711. The Bertz CT molecular complexity index is 284. The van der Waals surface area contributed by atoms with Crippen molar-refractivity contribution in [2.75, 3.05) is 11.1 Å². The Hall–Kier alpha value is -1.51. The van der Waals surface area contributed by atoms with Gasteiger partial charge < -0.3 is 11.1 Å². The minimum absolute atomic E-state index is 0.0205. The van der Waals surface area contributed by atoms with E-state index in [-0.39, 0.29) is 5.91 Å². The number of para-hydroxylation sites is 2. The van der Waals surface area contributed by atoms with Crippen molar-refractivity contribution in [3.05, 3.63) is 24.3 Å². The highest BCUT2D eigenvalue weighted by atomic mass is 16.1. The molecule has 0 aliphatic rings. The number of rotatable bonds is 2. The van der Waals surface area contributed by atoms with Crippen molar-refractivity contribution in [3.63, 3.8) is 0 Å². The summed E-state index contributed by atoms with van der Waals surface area (Å²) < 4.78 is 0. The third-order valence-electron chi connectivity index (χ3n) is 1.56. The summed E-state index contributed by atoms with van der Waals surface area (Å²) in [6, 6.07) is 7.20. The van der Waals surface area contributed by atoms with E-state index >= 15 is 0 Å².